The molecule has 2 N–H and O–H groups in total. The minimum atomic E-state index is -0.210. The second-order valence-corrected chi connectivity index (χ2v) is 7.67. The number of aryl methyl sites for hydroxylation is 1. The van der Waals surface area contributed by atoms with Crippen LogP contribution in [0.25, 0.3) is 10.9 Å². The van der Waals surface area contributed by atoms with Crippen LogP contribution in [0.2, 0.25) is 0 Å². The topological polar surface area (TPSA) is 74.4 Å². The molecule has 4 rings (SSSR count). The van der Waals surface area contributed by atoms with Gasteiger partial charge in [-0.15, -0.1) is 0 Å². The van der Waals surface area contributed by atoms with E-state index in [1.165, 1.54) is 12.7 Å². The van der Waals surface area contributed by atoms with Crippen molar-refractivity contribution in [3.05, 3.63) is 70.0 Å². The molecule has 2 aromatic carbocycles. The monoisotopic (exact) mass is 405 g/mol. The molecule has 1 aliphatic rings. The van der Waals surface area contributed by atoms with Gasteiger partial charge in [0.1, 0.15) is 6.04 Å². The van der Waals surface area contributed by atoms with Crippen molar-refractivity contribution in [3.8, 4) is 0 Å². The summed E-state index contributed by atoms with van der Waals surface area (Å²) in [6.07, 6.45) is 2.73. The minimum Gasteiger partial charge on any atom is -0.467 e. The number of benzene rings is 2. The number of rotatable bonds is 6. The smallest absolute Gasteiger partial charge is 0.328 e. The molecule has 6 heteroatoms. The fraction of sp³-hybridized carbons (Fsp3) is 0.333. The Bertz CT molecular complexity index is 1100. The van der Waals surface area contributed by atoms with Crippen molar-refractivity contribution in [2.75, 3.05) is 23.9 Å². The van der Waals surface area contributed by atoms with Crippen LogP contribution < -0.4 is 15.8 Å². The van der Waals surface area contributed by atoms with Gasteiger partial charge in [0.15, 0.2) is 0 Å². The standard InChI is InChI=1S/C24H27N3O3/c1-3-16-6-7-17-14-18(23(28)26-21(17)13-16)15-25-19-8-10-20(11-9-19)27-12-4-5-22(27)24(29)30-2/h6-11,13-14,22,25H,3-5,12,15H2,1-2H3,(H,26,28)/t22-/m0/s1. The van der Waals surface area contributed by atoms with Crippen LogP contribution in [-0.4, -0.2) is 30.6 Å². The third-order valence-electron chi connectivity index (χ3n) is 5.80. The van der Waals surface area contributed by atoms with Gasteiger partial charge in [0.05, 0.1) is 7.11 Å². The van der Waals surface area contributed by atoms with E-state index in [4.69, 9.17) is 4.74 Å². The first-order chi connectivity index (χ1) is 14.6. The fourth-order valence-corrected chi connectivity index (χ4v) is 4.07. The van der Waals surface area contributed by atoms with Gasteiger partial charge in [0.2, 0.25) is 0 Å². The first kappa shape index (κ1) is 20.0. The highest BCUT2D eigenvalue weighted by Gasteiger charge is 2.31. The van der Waals surface area contributed by atoms with Gasteiger partial charge < -0.3 is 19.9 Å². The van der Waals surface area contributed by atoms with Crippen LogP contribution in [0.3, 0.4) is 0 Å². The summed E-state index contributed by atoms with van der Waals surface area (Å²) < 4.78 is 4.93. The lowest BCUT2D eigenvalue weighted by Crippen LogP contribution is -2.36. The molecule has 0 spiro atoms. The van der Waals surface area contributed by atoms with Crippen molar-refractivity contribution >= 4 is 28.2 Å². The second kappa shape index (κ2) is 8.61. The van der Waals surface area contributed by atoms with Gasteiger partial charge >= 0.3 is 5.97 Å². The summed E-state index contributed by atoms with van der Waals surface area (Å²) in [6.45, 7) is 3.38. The third kappa shape index (κ3) is 4.03. The third-order valence-corrected chi connectivity index (χ3v) is 5.80. The normalized spacial score (nSPS) is 16.1. The maximum atomic E-state index is 12.5. The number of methoxy groups -OCH3 is 1. The Labute approximate surface area is 175 Å². The van der Waals surface area contributed by atoms with Crippen molar-refractivity contribution in [2.24, 2.45) is 0 Å². The molecule has 0 amide bonds. The van der Waals surface area contributed by atoms with Crippen LogP contribution in [-0.2, 0) is 22.5 Å². The second-order valence-electron chi connectivity index (χ2n) is 7.67. The van der Waals surface area contributed by atoms with E-state index in [1.807, 2.05) is 36.4 Å². The summed E-state index contributed by atoms with van der Waals surface area (Å²) in [5, 5.41) is 4.35. The molecule has 6 nitrogen and oxygen atoms in total. The van der Waals surface area contributed by atoms with E-state index in [9.17, 15) is 9.59 Å². The summed E-state index contributed by atoms with van der Waals surface area (Å²) in [5.74, 6) is -0.184. The van der Waals surface area contributed by atoms with Gasteiger partial charge in [-0.05, 0) is 66.6 Å². The van der Waals surface area contributed by atoms with Crippen LogP contribution in [0.5, 0.6) is 0 Å². The molecule has 1 fully saturated rings. The molecule has 0 aliphatic carbocycles. The van der Waals surface area contributed by atoms with E-state index in [2.05, 4.69) is 34.3 Å². The number of hydrogen-bond acceptors (Lipinski definition) is 5. The Balaban J connectivity index is 1.46. The van der Waals surface area contributed by atoms with E-state index < -0.39 is 0 Å². The molecular formula is C24H27N3O3. The summed E-state index contributed by atoms with van der Waals surface area (Å²) in [7, 11) is 1.43. The number of nitrogens with one attached hydrogen (secondary N) is 2. The zero-order valence-corrected chi connectivity index (χ0v) is 17.4. The molecule has 0 radical (unpaired) electrons. The number of ether oxygens (including phenoxy) is 1. The summed E-state index contributed by atoms with van der Waals surface area (Å²) in [4.78, 5) is 29.5. The van der Waals surface area contributed by atoms with Crippen LogP contribution in [0.4, 0.5) is 11.4 Å². The van der Waals surface area contributed by atoms with E-state index in [-0.39, 0.29) is 17.6 Å². The number of pyridine rings is 1. The van der Waals surface area contributed by atoms with Gasteiger partial charge in [-0.1, -0.05) is 19.1 Å². The average Bonchev–Trinajstić information content (AvgIpc) is 3.27. The first-order valence-electron chi connectivity index (χ1n) is 10.4. The number of anilines is 2. The SMILES string of the molecule is CCc1ccc2cc(CNc3ccc(N4CCC[C@H]4C(=O)OC)cc3)c(=O)[nH]c2c1. The molecular weight excluding hydrogens is 378 g/mol. The Morgan fingerprint density at radius 3 is 2.73 bits per heavy atom. The number of carbonyl (C=O) groups excluding carboxylic acids is 1. The highest BCUT2D eigenvalue weighted by atomic mass is 16.5. The molecule has 0 unspecified atom stereocenters. The summed E-state index contributed by atoms with van der Waals surface area (Å²) in [6, 6.07) is 15.9. The number of hydrogen-bond donors (Lipinski definition) is 2. The number of nitrogens with zero attached hydrogens (tertiary/aromatic N) is 1. The number of H-pyrrole nitrogens is 1. The van der Waals surface area contributed by atoms with Gasteiger partial charge in [-0.25, -0.2) is 4.79 Å². The lowest BCUT2D eigenvalue weighted by Gasteiger charge is -2.25. The van der Waals surface area contributed by atoms with E-state index in [0.29, 0.717) is 12.1 Å². The van der Waals surface area contributed by atoms with Gasteiger partial charge in [0, 0.05) is 35.5 Å². The Hall–Kier alpha value is -3.28. The lowest BCUT2D eigenvalue weighted by molar-refractivity contribution is -0.141. The number of aromatic amines is 1. The largest absolute Gasteiger partial charge is 0.467 e. The predicted octanol–water partition coefficient (Wildman–Crippen LogP) is 3.84. The number of esters is 1. The summed E-state index contributed by atoms with van der Waals surface area (Å²) >= 11 is 0. The van der Waals surface area contributed by atoms with Crippen LogP contribution >= 0.6 is 0 Å². The molecule has 2 heterocycles. The molecule has 3 aromatic rings. The maximum Gasteiger partial charge on any atom is 0.328 e. The zero-order chi connectivity index (χ0) is 21.1. The van der Waals surface area contributed by atoms with E-state index >= 15 is 0 Å². The maximum absolute atomic E-state index is 12.5. The van der Waals surface area contributed by atoms with Crippen molar-refractivity contribution in [1.29, 1.82) is 0 Å². The van der Waals surface area contributed by atoms with Crippen molar-refractivity contribution in [2.45, 2.75) is 38.8 Å². The Kier molecular flexibility index (Phi) is 5.74. The van der Waals surface area contributed by atoms with Crippen molar-refractivity contribution in [3.63, 3.8) is 0 Å². The number of fused-ring (bicyclic) bond motifs is 1. The quantitative estimate of drug-likeness (QED) is 0.610. The molecule has 30 heavy (non-hydrogen) atoms. The van der Waals surface area contributed by atoms with Gasteiger partial charge in [-0.2, -0.15) is 0 Å². The lowest BCUT2D eigenvalue weighted by atomic mass is 10.1. The number of aromatic nitrogens is 1. The Morgan fingerprint density at radius 1 is 1.20 bits per heavy atom. The highest BCUT2D eigenvalue weighted by Crippen LogP contribution is 2.27. The van der Waals surface area contributed by atoms with E-state index in [0.717, 1.165) is 48.1 Å². The minimum absolute atomic E-state index is 0.0714. The summed E-state index contributed by atoms with van der Waals surface area (Å²) in [5.41, 5.74) is 4.63. The first-order valence-corrected chi connectivity index (χ1v) is 10.4. The predicted molar refractivity (Wildman–Crippen MR) is 120 cm³/mol. The van der Waals surface area contributed by atoms with E-state index in [1.54, 1.807) is 0 Å². The van der Waals surface area contributed by atoms with Crippen LogP contribution in [0.15, 0.2) is 53.3 Å². The molecule has 0 bridgehead atoms. The Morgan fingerprint density at radius 2 is 2.00 bits per heavy atom. The average molecular weight is 405 g/mol. The fourth-order valence-electron chi connectivity index (χ4n) is 4.07. The van der Waals surface area contributed by atoms with Crippen LogP contribution in [0.1, 0.15) is 30.9 Å². The molecule has 1 saturated heterocycles. The zero-order valence-electron chi connectivity index (χ0n) is 17.4. The van der Waals surface area contributed by atoms with Gasteiger partial charge in [-0.3, -0.25) is 4.79 Å². The van der Waals surface area contributed by atoms with Gasteiger partial charge in [0.25, 0.3) is 5.56 Å². The van der Waals surface area contributed by atoms with Crippen molar-refractivity contribution < 1.29 is 9.53 Å². The number of carbonyl (C=O) groups is 1. The van der Waals surface area contributed by atoms with Crippen LogP contribution in [0, 0.1) is 0 Å². The molecule has 1 atom stereocenters. The van der Waals surface area contributed by atoms with Crippen molar-refractivity contribution in [1.82, 2.24) is 4.98 Å². The molecule has 0 saturated carbocycles. The highest BCUT2D eigenvalue weighted by molar-refractivity contribution is 5.81. The molecule has 156 valence electrons. The molecule has 1 aromatic heterocycles. The molecule has 1 aliphatic heterocycles.